The van der Waals surface area contributed by atoms with Gasteiger partial charge in [-0.1, -0.05) is 41.4 Å². The maximum absolute atomic E-state index is 13.0. The molecule has 0 bridgehead atoms. The van der Waals surface area contributed by atoms with E-state index in [-0.39, 0.29) is 37.5 Å². The van der Waals surface area contributed by atoms with E-state index in [2.05, 4.69) is 5.32 Å². The molecule has 0 radical (unpaired) electrons. The van der Waals surface area contributed by atoms with Gasteiger partial charge in [0, 0.05) is 5.69 Å². The van der Waals surface area contributed by atoms with Crippen molar-refractivity contribution in [3.8, 4) is 0 Å². The number of carbonyl (C=O) groups excluding carboxylic acids is 1. The Balaban J connectivity index is 0.000000242. The highest BCUT2D eigenvalue weighted by atomic mass is 35.5. The van der Waals surface area contributed by atoms with Gasteiger partial charge in [-0.05, 0) is 55.8 Å². The lowest BCUT2D eigenvalue weighted by molar-refractivity contribution is 0.0976. The van der Waals surface area contributed by atoms with Crippen LogP contribution in [0.5, 0.6) is 0 Å². The molecule has 1 unspecified atom stereocenters. The van der Waals surface area contributed by atoms with Crippen LogP contribution in [0.1, 0.15) is 22.8 Å². The van der Waals surface area contributed by atoms with Crippen LogP contribution in [0.3, 0.4) is 0 Å². The minimum Gasteiger partial charge on any atom is -0.364 e. The molecule has 1 aliphatic rings. The summed E-state index contributed by atoms with van der Waals surface area (Å²) in [4.78, 5) is 13.5. The number of carbonyl (C=O) groups is 1. The largest absolute Gasteiger partial charge is 0.364 e. The number of sulfonamides is 3. The molecular formula is C22H23Cl2N5O7S3. The summed E-state index contributed by atoms with van der Waals surface area (Å²) in [7, 11) is -12.1. The van der Waals surface area contributed by atoms with E-state index in [1.165, 1.54) is 12.1 Å². The van der Waals surface area contributed by atoms with Gasteiger partial charge < -0.3 is 5.32 Å². The zero-order valence-corrected chi connectivity index (χ0v) is 24.3. The Labute approximate surface area is 235 Å². The van der Waals surface area contributed by atoms with Crippen LogP contribution >= 0.6 is 23.2 Å². The second-order valence-electron chi connectivity index (χ2n) is 8.34. The monoisotopic (exact) mass is 635 g/mol. The summed E-state index contributed by atoms with van der Waals surface area (Å²) in [6.07, 6.45) is -0.317. The third-order valence-electron chi connectivity index (χ3n) is 5.49. The van der Waals surface area contributed by atoms with E-state index in [1.807, 2.05) is 38.1 Å². The molecule has 0 aliphatic carbocycles. The minimum absolute atomic E-state index is 0.0203. The SMILES string of the molecule is Cc1ccccc1N1C(=O)c2cc(S(N)(=O)=O)c(Cl)cc2NC1C.NS(=O)(=O)c1ccc(Cl)c(S(N)(=O)=O)c1. The highest BCUT2D eigenvalue weighted by molar-refractivity contribution is 7.90. The number of aryl methyl sites for hydroxylation is 1. The van der Waals surface area contributed by atoms with E-state index in [4.69, 9.17) is 38.6 Å². The first-order valence-electron chi connectivity index (χ1n) is 10.7. The summed E-state index contributed by atoms with van der Waals surface area (Å²) in [6.45, 7) is 3.75. The first kappa shape index (κ1) is 30.8. The molecule has 17 heteroatoms. The first-order valence-corrected chi connectivity index (χ1v) is 16.1. The summed E-state index contributed by atoms with van der Waals surface area (Å²) in [6, 6.07) is 13.1. The fourth-order valence-electron chi connectivity index (χ4n) is 3.69. The van der Waals surface area contributed by atoms with Crippen molar-refractivity contribution in [3.63, 3.8) is 0 Å². The number of primary sulfonamides is 3. The maximum Gasteiger partial charge on any atom is 0.262 e. The molecule has 1 heterocycles. The van der Waals surface area contributed by atoms with Crippen molar-refractivity contribution in [2.24, 2.45) is 15.4 Å². The molecule has 1 aliphatic heterocycles. The average Bonchev–Trinajstić information content (AvgIpc) is 2.78. The molecule has 0 saturated heterocycles. The topological polar surface area (TPSA) is 213 Å². The van der Waals surface area contributed by atoms with Crippen LogP contribution in [0.4, 0.5) is 11.4 Å². The van der Waals surface area contributed by atoms with E-state index in [1.54, 1.807) is 4.90 Å². The molecule has 39 heavy (non-hydrogen) atoms. The predicted octanol–water partition coefficient (Wildman–Crippen LogP) is 2.35. The van der Waals surface area contributed by atoms with Gasteiger partial charge in [-0.2, -0.15) is 0 Å². The van der Waals surface area contributed by atoms with Crippen molar-refractivity contribution in [2.75, 3.05) is 10.2 Å². The quantitative estimate of drug-likeness (QED) is 0.333. The van der Waals surface area contributed by atoms with Crippen LogP contribution in [0, 0.1) is 6.92 Å². The second kappa shape index (κ2) is 11.0. The number of nitrogens with two attached hydrogens (primary N) is 3. The molecule has 12 nitrogen and oxygen atoms in total. The highest BCUT2D eigenvalue weighted by Gasteiger charge is 2.33. The van der Waals surface area contributed by atoms with Crippen LogP contribution in [-0.4, -0.2) is 37.3 Å². The Bertz CT molecular complexity index is 1800. The average molecular weight is 637 g/mol. The Morgan fingerprint density at radius 3 is 1.90 bits per heavy atom. The molecular weight excluding hydrogens is 613 g/mol. The summed E-state index contributed by atoms with van der Waals surface area (Å²) in [5, 5.41) is 17.8. The summed E-state index contributed by atoms with van der Waals surface area (Å²) < 4.78 is 67.2. The van der Waals surface area contributed by atoms with E-state index >= 15 is 0 Å². The van der Waals surface area contributed by atoms with E-state index in [0.29, 0.717) is 5.69 Å². The predicted molar refractivity (Wildman–Crippen MR) is 148 cm³/mol. The van der Waals surface area contributed by atoms with Crippen LogP contribution < -0.4 is 25.6 Å². The number of fused-ring (bicyclic) bond motifs is 1. The van der Waals surface area contributed by atoms with Gasteiger partial charge in [-0.15, -0.1) is 0 Å². The molecule has 1 amide bonds. The summed E-state index contributed by atoms with van der Waals surface area (Å²) in [5.41, 5.74) is 2.38. The number of anilines is 2. The second-order valence-corrected chi connectivity index (χ2v) is 13.8. The summed E-state index contributed by atoms with van der Waals surface area (Å²) >= 11 is 11.5. The molecule has 1 atom stereocenters. The van der Waals surface area contributed by atoms with E-state index in [0.717, 1.165) is 29.4 Å². The van der Waals surface area contributed by atoms with Gasteiger partial charge in [0.25, 0.3) is 5.91 Å². The van der Waals surface area contributed by atoms with Gasteiger partial charge in [-0.25, -0.2) is 40.7 Å². The van der Waals surface area contributed by atoms with Crippen LogP contribution in [-0.2, 0) is 30.1 Å². The van der Waals surface area contributed by atoms with Crippen LogP contribution in [0.2, 0.25) is 10.0 Å². The molecule has 3 aromatic rings. The summed E-state index contributed by atoms with van der Waals surface area (Å²) in [5.74, 6) is -0.313. The van der Waals surface area contributed by atoms with E-state index < -0.39 is 35.0 Å². The molecule has 210 valence electrons. The number of rotatable bonds is 4. The fraction of sp³-hybridized carbons (Fsp3) is 0.136. The van der Waals surface area contributed by atoms with Gasteiger partial charge in [0.2, 0.25) is 30.1 Å². The highest BCUT2D eigenvalue weighted by Crippen LogP contribution is 2.35. The number of hydrogen-bond donors (Lipinski definition) is 4. The lowest BCUT2D eigenvalue weighted by atomic mass is 10.1. The molecule has 0 aromatic heterocycles. The van der Waals surface area contributed by atoms with Gasteiger partial charge in [0.1, 0.15) is 16.0 Å². The Kier molecular flexibility index (Phi) is 8.69. The van der Waals surface area contributed by atoms with Crippen molar-refractivity contribution in [1.82, 2.24) is 0 Å². The van der Waals surface area contributed by atoms with Gasteiger partial charge >= 0.3 is 0 Å². The minimum atomic E-state index is -4.07. The zero-order valence-electron chi connectivity index (χ0n) is 20.3. The van der Waals surface area contributed by atoms with Crippen molar-refractivity contribution in [3.05, 3.63) is 75.8 Å². The molecule has 3 aromatic carbocycles. The number of hydrogen-bond acceptors (Lipinski definition) is 8. The molecule has 0 spiro atoms. The van der Waals surface area contributed by atoms with Crippen molar-refractivity contribution < 1.29 is 30.0 Å². The Morgan fingerprint density at radius 1 is 0.795 bits per heavy atom. The number of benzene rings is 3. The third-order valence-corrected chi connectivity index (χ3v) is 9.17. The molecule has 7 N–H and O–H groups in total. The van der Waals surface area contributed by atoms with Crippen molar-refractivity contribution >= 4 is 70.6 Å². The fourth-order valence-corrected chi connectivity index (χ4v) is 6.48. The number of nitrogens with one attached hydrogen (secondary N) is 1. The van der Waals surface area contributed by atoms with Gasteiger partial charge in [-0.3, -0.25) is 9.69 Å². The normalized spacial score (nSPS) is 15.6. The zero-order chi connectivity index (χ0) is 29.5. The number of amides is 1. The first-order chi connectivity index (χ1) is 17.8. The van der Waals surface area contributed by atoms with Crippen LogP contribution in [0.15, 0.2) is 69.3 Å². The van der Waals surface area contributed by atoms with Crippen LogP contribution in [0.25, 0.3) is 0 Å². The molecule has 0 fully saturated rings. The lowest BCUT2D eigenvalue weighted by Gasteiger charge is -2.37. The smallest absolute Gasteiger partial charge is 0.262 e. The van der Waals surface area contributed by atoms with Gasteiger partial charge in [0.05, 0.1) is 26.2 Å². The van der Waals surface area contributed by atoms with Gasteiger partial charge in [0.15, 0.2) is 0 Å². The number of para-hydroxylation sites is 1. The van der Waals surface area contributed by atoms with Crippen molar-refractivity contribution in [1.29, 1.82) is 0 Å². The molecule has 0 saturated carbocycles. The Hall–Kier alpha value is -2.76. The third kappa shape index (κ3) is 6.88. The van der Waals surface area contributed by atoms with Crippen molar-refractivity contribution in [2.45, 2.75) is 34.7 Å². The molecule has 4 rings (SSSR count). The lowest BCUT2D eigenvalue weighted by Crippen LogP contribution is -2.47. The maximum atomic E-state index is 13.0. The standard InChI is InChI=1S/C16H16ClN3O3S.C6H7ClN2O4S2/c1-9-5-3-4-6-14(9)20-10(2)19-13-8-12(17)15(24(18,22)23)7-11(13)16(20)21;7-5-2-1-4(14(8,10)11)3-6(5)15(9,12)13/h3-8,10,19H,1-2H3,(H2,18,22,23);1-3H,(H2,8,10,11)(H2,9,12,13). The number of halogens is 2. The van der Waals surface area contributed by atoms with E-state index in [9.17, 15) is 30.0 Å². The Morgan fingerprint density at radius 2 is 1.36 bits per heavy atom. The number of nitrogens with zero attached hydrogens (tertiary/aromatic N) is 1.